The van der Waals surface area contributed by atoms with Crippen molar-refractivity contribution in [2.75, 3.05) is 18.6 Å². The number of benzene rings is 2. The Kier molecular flexibility index (Phi) is 6.51. The average molecular weight is 470 g/mol. The van der Waals surface area contributed by atoms with Gasteiger partial charge in [-0.1, -0.05) is 24.3 Å². The number of esters is 1. The number of hydrogen-bond acceptors (Lipinski definition) is 5. The second kappa shape index (κ2) is 9.54. The number of aromatic nitrogens is 2. The maximum atomic E-state index is 13.0. The van der Waals surface area contributed by atoms with Crippen LogP contribution in [0.25, 0.3) is 22.0 Å². The molecule has 4 rings (SSSR count). The van der Waals surface area contributed by atoms with Gasteiger partial charge in [0.2, 0.25) is 5.43 Å². The van der Waals surface area contributed by atoms with Crippen LogP contribution in [0.15, 0.2) is 65.7 Å². The summed E-state index contributed by atoms with van der Waals surface area (Å²) in [6.45, 7) is 5.76. The van der Waals surface area contributed by atoms with E-state index in [0.29, 0.717) is 16.8 Å². The molecule has 2 aromatic carbocycles. The van der Waals surface area contributed by atoms with E-state index in [1.807, 2.05) is 44.2 Å². The molecule has 0 saturated heterocycles. The standard InChI is InChI=1S/C28H27N3O4/c1-6-35-28(34)23-16-30(4)24-18(3)21(12-13-22(24)25(23)32)20-14-17(2)26(29-15-20)31(5)27(33)19-10-8-7-9-11-19/h7-16H,6H2,1-5H3. The van der Waals surface area contributed by atoms with Gasteiger partial charge in [0.1, 0.15) is 11.4 Å². The zero-order valence-corrected chi connectivity index (χ0v) is 20.5. The molecule has 0 aliphatic carbocycles. The summed E-state index contributed by atoms with van der Waals surface area (Å²) in [7, 11) is 3.51. The lowest BCUT2D eigenvalue weighted by atomic mass is 9.97. The van der Waals surface area contributed by atoms with Crippen molar-refractivity contribution in [2.24, 2.45) is 7.05 Å². The molecule has 0 atom stereocenters. The van der Waals surface area contributed by atoms with E-state index >= 15 is 0 Å². The van der Waals surface area contributed by atoms with Crippen LogP contribution in [0.4, 0.5) is 5.82 Å². The Morgan fingerprint density at radius 3 is 2.46 bits per heavy atom. The monoisotopic (exact) mass is 469 g/mol. The smallest absolute Gasteiger partial charge is 0.343 e. The fourth-order valence-electron chi connectivity index (χ4n) is 4.40. The number of pyridine rings is 2. The number of ether oxygens (including phenoxy) is 1. The first-order valence-corrected chi connectivity index (χ1v) is 11.3. The van der Waals surface area contributed by atoms with E-state index in [1.165, 1.54) is 6.20 Å². The minimum absolute atomic E-state index is 0.0157. The van der Waals surface area contributed by atoms with Gasteiger partial charge in [0.15, 0.2) is 0 Å². The van der Waals surface area contributed by atoms with E-state index in [1.54, 1.807) is 54.9 Å². The van der Waals surface area contributed by atoms with Crippen LogP contribution in [0.2, 0.25) is 0 Å². The Morgan fingerprint density at radius 1 is 1.09 bits per heavy atom. The van der Waals surface area contributed by atoms with Crippen LogP contribution in [-0.2, 0) is 11.8 Å². The van der Waals surface area contributed by atoms with E-state index in [-0.39, 0.29) is 23.5 Å². The van der Waals surface area contributed by atoms with E-state index in [9.17, 15) is 14.4 Å². The summed E-state index contributed by atoms with van der Waals surface area (Å²) < 4.78 is 6.82. The quantitative estimate of drug-likeness (QED) is 0.397. The number of anilines is 1. The van der Waals surface area contributed by atoms with Gasteiger partial charge in [-0.05, 0) is 61.7 Å². The molecule has 2 heterocycles. The lowest BCUT2D eigenvalue weighted by molar-refractivity contribution is 0.0524. The fraction of sp³-hybridized carbons (Fsp3) is 0.214. The third-order valence-electron chi connectivity index (χ3n) is 6.10. The predicted octanol–water partition coefficient (Wildman–Crippen LogP) is 4.67. The minimum Gasteiger partial charge on any atom is -0.462 e. The van der Waals surface area contributed by atoms with Gasteiger partial charge in [0.05, 0.1) is 12.1 Å². The van der Waals surface area contributed by atoms with Gasteiger partial charge in [-0.3, -0.25) is 14.5 Å². The van der Waals surface area contributed by atoms with Crippen LogP contribution in [0.3, 0.4) is 0 Å². The molecule has 0 spiro atoms. The number of amides is 1. The minimum atomic E-state index is -0.624. The van der Waals surface area contributed by atoms with E-state index in [0.717, 1.165) is 27.8 Å². The molecule has 0 bridgehead atoms. The van der Waals surface area contributed by atoms with Gasteiger partial charge in [-0.2, -0.15) is 0 Å². The highest BCUT2D eigenvalue weighted by Crippen LogP contribution is 2.31. The summed E-state index contributed by atoms with van der Waals surface area (Å²) in [6.07, 6.45) is 3.26. The molecule has 7 heteroatoms. The highest BCUT2D eigenvalue weighted by Gasteiger charge is 2.20. The van der Waals surface area contributed by atoms with Gasteiger partial charge < -0.3 is 9.30 Å². The van der Waals surface area contributed by atoms with E-state index in [2.05, 4.69) is 4.98 Å². The molecule has 0 radical (unpaired) electrons. The zero-order chi connectivity index (χ0) is 25.3. The molecule has 7 nitrogen and oxygen atoms in total. The molecule has 0 unspecified atom stereocenters. The van der Waals surface area contributed by atoms with E-state index in [4.69, 9.17) is 4.74 Å². The second-order valence-corrected chi connectivity index (χ2v) is 8.43. The van der Waals surface area contributed by atoms with Crippen molar-refractivity contribution in [3.05, 3.63) is 93.4 Å². The van der Waals surface area contributed by atoms with Crippen molar-refractivity contribution < 1.29 is 14.3 Å². The Hall–Kier alpha value is -4.26. The molecule has 0 N–H and O–H groups in total. The summed E-state index contributed by atoms with van der Waals surface area (Å²) >= 11 is 0. The summed E-state index contributed by atoms with van der Waals surface area (Å²) in [6, 6.07) is 14.7. The molecule has 1 amide bonds. The molecule has 4 aromatic rings. The van der Waals surface area contributed by atoms with Crippen LogP contribution in [0, 0.1) is 13.8 Å². The lowest BCUT2D eigenvalue weighted by Gasteiger charge is -2.20. The predicted molar refractivity (Wildman–Crippen MR) is 137 cm³/mol. The Labute approximate surface area is 203 Å². The number of rotatable bonds is 5. The normalized spacial score (nSPS) is 10.9. The highest BCUT2D eigenvalue weighted by molar-refractivity contribution is 6.05. The Bertz CT molecular complexity index is 1510. The molecule has 35 heavy (non-hydrogen) atoms. The second-order valence-electron chi connectivity index (χ2n) is 8.43. The number of fused-ring (bicyclic) bond motifs is 1. The molecule has 178 valence electrons. The molecular formula is C28H27N3O4. The zero-order valence-electron chi connectivity index (χ0n) is 20.5. The van der Waals surface area contributed by atoms with Gasteiger partial charge in [-0.15, -0.1) is 0 Å². The average Bonchev–Trinajstić information content (AvgIpc) is 2.85. The molecule has 0 aliphatic heterocycles. The van der Waals surface area contributed by atoms with Crippen LogP contribution in [0.5, 0.6) is 0 Å². The van der Waals surface area contributed by atoms with Crippen molar-refractivity contribution in [3.63, 3.8) is 0 Å². The number of aryl methyl sites for hydroxylation is 3. The third-order valence-corrected chi connectivity index (χ3v) is 6.10. The topological polar surface area (TPSA) is 81.5 Å². The van der Waals surface area contributed by atoms with Crippen LogP contribution in [0.1, 0.15) is 38.8 Å². The summed E-state index contributed by atoms with van der Waals surface area (Å²) in [5.74, 6) is -0.183. The largest absolute Gasteiger partial charge is 0.462 e. The molecule has 0 fully saturated rings. The fourth-order valence-corrected chi connectivity index (χ4v) is 4.40. The number of carbonyl (C=O) groups excluding carboxylic acids is 2. The summed E-state index contributed by atoms with van der Waals surface area (Å²) in [4.78, 5) is 44.2. The van der Waals surface area contributed by atoms with Crippen molar-refractivity contribution in [1.82, 2.24) is 9.55 Å². The van der Waals surface area contributed by atoms with E-state index < -0.39 is 5.97 Å². The van der Waals surface area contributed by atoms with Gasteiger partial charge >= 0.3 is 5.97 Å². The molecular weight excluding hydrogens is 442 g/mol. The Morgan fingerprint density at radius 2 is 1.80 bits per heavy atom. The van der Waals surface area contributed by atoms with Crippen LogP contribution < -0.4 is 10.3 Å². The number of carbonyl (C=O) groups is 2. The maximum absolute atomic E-state index is 13.0. The van der Waals surface area contributed by atoms with Crippen molar-refractivity contribution in [3.8, 4) is 11.1 Å². The molecule has 0 aliphatic rings. The van der Waals surface area contributed by atoms with Crippen LogP contribution >= 0.6 is 0 Å². The first kappa shape index (κ1) is 23.9. The van der Waals surface area contributed by atoms with Crippen molar-refractivity contribution in [1.29, 1.82) is 0 Å². The SMILES string of the molecule is CCOC(=O)c1cn(C)c2c(C)c(-c3cnc(N(C)C(=O)c4ccccc4)c(C)c3)ccc2c1=O. The third kappa shape index (κ3) is 4.33. The first-order valence-electron chi connectivity index (χ1n) is 11.3. The first-order chi connectivity index (χ1) is 16.7. The van der Waals surface area contributed by atoms with Gasteiger partial charge in [0, 0.05) is 43.0 Å². The number of nitrogens with zero attached hydrogens (tertiary/aromatic N) is 3. The molecule has 0 saturated carbocycles. The van der Waals surface area contributed by atoms with Crippen molar-refractivity contribution in [2.45, 2.75) is 20.8 Å². The summed E-state index contributed by atoms with van der Waals surface area (Å²) in [5, 5.41) is 0.453. The molecule has 2 aromatic heterocycles. The van der Waals surface area contributed by atoms with Crippen LogP contribution in [-0.4, -0.2) is 35.1 Å². The maximum Gasteiger partial charge on any atom is 0.343 e. The van der Waals surface area contributed by atoms with Gasteiger partial charge in [0.25, 0.3) is 5.91 Å². The highest BCUT2D eigenvalue weighted by atomic mass is 16.5. The Balaban J connectivity index is 1.75. The van der Waals surface area contributed by atoms with Gasteiger partial charge in [-0.25, -0.2) is 9.78 Å². The number of hydrogen-bond donors (Lipinski definition) is 0. The summed E-state index contributed by atoms with van der Waals surface area (Å²) in [5.41, 5.74) is 4.51. The van der Waals surface area contributed by atoms with Crippen molar-refractivity contribution >= 4 is 28.6 Å². The lowest BCUT2D eigenvalue weighted by Crippen LogP contribution is -2.27.